The van der Waals surface area contributed by atoms with E-state index in [1.54, 1.807) is 0 Å². The van der Waals surface area contributed by atoms with Gasteiger partial charge in [0.2, 0.25) is 0 Å². The van der Waals surface area contributed by atoms with Gasteiger partial charge in [0.05, 0.1) is 6.61 Å². The van der Waals surface area contributed by atoms with Crippen molar-refractivity contribution in [2.45, 2.75) is 6.42 Å². The van der Waals surface area contributed by atoms with Crippen LogP contribution in [-0.4, -0.2) is 12.4 Å². The molecule has 1 fully saturated rings. The summed E-state index contributed by atoms with van der Waals surface area (Å²) in [6.07, 6.45) is 0.911. The van der Waals surface area contributed by atoms with E-state index in [0.717, 1.165) is 12.2 Å². The molecule has 0 radical (unpaired) electrons. The zero-order valence-corrected chi connectivity index (χ0v) is 4.98. The highest BCUT2D eigenvalue weighted by molar-refractivity contribution is 7.94. The van der Waals surface area contributed by atoms with Gasteiger partial charge in [0.1, 0.15) is 0 Å². The van der Waals surface area contributed by atoms with Crippen molar-refractivity contribution in [1.82, 2.24) is 0 Å². The molecule has 0 atom stereocenters. The zero-order valence-electron chi connectivity index (χ0n) is 4.16. The van der Waals surface area contributed by atoms with Crippen LogP contribution in [0.2, 0.25) is 0 Å². The van der Waals surface area contributed by atoms with Gasteiger partial charge in [-0.3, -0.25) is 0 Å². The van der Waals surface area contributed by atoms with E-state index >= 15 is 0 Å². The lowest BCUT2D eigenvalue weighted by atomic mass is 10.5. The summed E-state index contributed by atoms with van der Waals surface area (Å²) >= 11 is 1.20. The Morgan fingerprint density at radius 3 is 3.25 bits per heavy atom. The third-order valence-electron chi connectivity index (χ3n) is 0.607. The van der Waals surface area contributed by atoms with Gasteiger partial charge >= 0.3 is 0 Å². The van der Waals surface area contributed by atoms with E-state index < -0.39 is 0 Å². The van der Waals surface area contributed by atoms with Crippen LogP contribution < -0.4 is 0 Å². The summed E-state index contributed by atoms with van der Waals surface area (Å²) < 4.78 is 4.34. The molecule has 4 nitrogen and oxygen atoms in total. The van der Waals surface area contributed by atoms with Crippen molar-refractivity contribution in [2.24, 2.45) is 0 Å². The van der Waals surface area contributed by atoms with Crippen LogP contribution in [0.4, 0.5) is 0 Å². The standard InChI is InChI=1S/C3H6O4S/c1-2-4-5-6-7-8-3-1/h1-3H2. The minimum absolute atomic E-state index is 0.552. The van der Waals surface area contributed by atoms with Crippen molar-refractivity contribution in [2.75, 3.05) is 12.4 Å². The van der Waals surface area contributed by atoms with Crippen molar-refractivity contribution >= 4 is 12.0 Å². The van der Waals surface area contributed by atoms with Crippen LogP contribution in [0.1, 0.15) is 6.42 Å². The predicted octanol–water partition coefficient (Wildman–Crippen LogP) is 0.850. The molecular weight excluding hydrogens is 132 g/mol. The quantitative estimate of drug-likeness (QED) is 0.366. The van der Waals surface area contributed by atoms with E-state index in [2.05, 4.69) is 19.3 Å². The summed E-state index contributed by atoms with van der Waals surface area (Å²) in [6.45, 7) is 0.552. The van der Waals surface area contributed by atoms with E-state index in [0.29, 0.717) is 6.61 Å². The fourth-order valence-electron chi connectivity index (χ4n) is 0.295. The second-order valence-electron chi connectivity index (χ2n) is 1.20. The zero-order chi connectivity index (χ0) is 5.66. The fourth-order valence-corrected chi connectivity index (χ4v) is 0.661. The highest BCUT2D eigenvalue weighted by Gasteiger charge is 1.98. The Labute approximate surface area is 51.0 Å². The van der Waals surface area contributed by atoms with Crippen molar-refractivity contribution in [3.63, 3.8) is 0 Å². The fraction of sp³-hybridized carbons (Fsp3) is 1.00. The second kappa shape index (κ2) is 4.11. The van der Waals surface area contributed by atoms with Gasteiger partial charge in [-0.15, -0.1) is 4.33 Å². The first-order valence-corrected chi connectivity index (χ1v) is 3.15. The van der Waals surface area contributed by atoms with Gasteiger partial charge < -0.3 is 0 Å². The Morgan fingerprint density at radius 2 is 2.25 bits per heavy atom. The van der Waals surface area contributed by atoms with Gasteiger partial charge in [-0.2, -0.15) is 0 Å². The number of rotatable bonds is 0. The SMILES string of the molecule is C1COOOOSC1. The van der Waals surface area contributed by atoms with Crippen molar-refractivity contribution in [3.8, 4) is 0 Å². The Hall–Kier alpha value is 0.190. The van der Waals surface area contributed by atoms with E-state index in [-0.39, 0.29) is 0 Å². The average Bonchev–Trinajstić information content (AvgIpc) is 1.62. The molecule has 1 heterocycles. The van der Waals surface area contributed by atoms with Crippen LogP contribution in [0, 0.1) is 0 Å². The molecule has 0 aliphatic carbocycles. The van der Waals surface area contributed by atoms with Crippen LogP contribution >= 0.6 is 12.0 Å². The maximum atomic E-state index is 4.41. The lowest BCUT2D eigenvalue weighted by Crippen LogP contribution is -2.02. The Kier molecular flexibility index (Phi) is 3.24. The molecule has 0 spiro atoms. The van der Waals surface area contributed by atoms with E-state index in [4.69, 9.17) is 0 Å². The molecule has 1 aliphatic heterocycles. The summed E-state index contributed by atoms with van der Waals surface area (Å²) in [4.78, 5) is 4.41. The minimum Gasteiger partial charge on any atom is -0.204 e. The van der Waals surface area contributed by atoms with Crippen LogP contribution in [0.5, 0.6) is 0 Å². The molecule has 8 heavy (non-hydrogen) atoms. The highest BCUT2D eigenvalue weighted by Crippen LogP contribution is 2.08. The molecule has 48 valence electrons. The molecule has 0 amide bonds. The summed E-state index contributed by atoms with van der Waals surface area (Å²) in [6, 6.07) is 0. The summed E-state index contributed by atoms with van der Waals surface area (Å²) in [7, 11) is 0. The first-order valence-electron chi connectivity index (χ1n) is 2.24. The molecule has 0 aromatic carbocycles. The normalized spacial score (nSPS) is 24.0. The third-order valence-corrected chi connectivity index (χ3v) is 1.21. The predicted molar refractivity (Wildman–Crippen MR) is 26.3 cm³/mol. The first kappa shape index (κ1) is 6.31. The van der Waals surface area contributed by atoms with Gasteiger partial charge in [-0.05, 0) is 16.5 Å². The lowest BCUT2D eigenvalue weighted by Gasteiger charge is -2.04. The smallest absolute Gasteiger partial charge is 0.0863 e. The Bertz CT molecular complexity index is 35.2. The minimum atomic E-state index is 0.552. The van der Waals surface area contributed by atoms with E-state index in [1.807, 2.05) is 0 Å². The number of hydrogen-bond acceptors (Lipinski definition) is 5. The molecule has 0 unspecified atom stereocenters. The second-order valence-corrected chi connectivity index (χ2v) is 1.98. The monoisotopic (exact) mass is 138 g/mol. The number of hydrogen-bond donors (Lipinski definition) is 0. The molecule has 0 aromatic rings. The summed E-state index contributed by atoms with van der Waals surface area (Å²) in [5.41, 5.74) is 0. The van der Waals surface area contributed by atoms with Crippen molar-refractivity contribution < 1.29 is 19.3 Å². The molecule has 1 rings (SSSR count). The highest BCUT2D eigenvalue weighted by atomic mass is 32.2. The van der Waals surface area contributed by atoms with Crippen molar-refractivity contribution in [1.29, 1.82) is 0 Å². The first-order chi connectivity index (χ1) is 4.00. The van der Waals surface area contributed by atoms with Gasteiger partial charge in [0, 0.05) is 17.8 Å². The topological polar surface area (TPSA) is 36.9 Å². The molecule has 0 bridgehead atoms. The largest absolute Gasteiger partial charge is 0.204 e. The molecule has 0 saturated carbocycles. The lowest BCUT2D eigenvalue weighted by molar-refractivity contribution is -0.605. The van der Waals surface area contributed by atoms with Gasteiger partial charge in [0.15, 0.2) is 0 Å². The average molecular weight is 138 g/mol. The Balaban J connectivity index is 2.00. The Morgan fingerprint density at radius 1 is 1.25 bits per heavy atom. The molecule has 1 saturated heterocycles. The van der Waals surface area contributed by atoms with Gasteiger partial charge in [-0.25, -0.2) is 4.89 Å². The van der Waals surface area contributed by atoms with E-state index in [9.17, 15) is 0 Å². The van der Waals surface area contributed by atoms with Crippen LogP contribution in [0.15, 0.2) is 0 Å². The molecule has 5 heteroatoms. The molecule has 0 aromatic heterocycles. The molecule has 1 aliphatic rings. The van der Waals surface area contributed by atoms with Gasteiger partial charge in [-0.1, -0.05) is 0 Å². The van der Waals surface area contributed by atoms with Crippen LogP contribution in [0.3, 0.4) is 0 Å². The molecular formula is C3H6O4S. The summed E-state index contributed by atoms with van der Waals surface area (Å²) in [5, 5.41) is 8.05. The van der Waals surface area contributed by atoms with Crippen molar-refractivity contribution in [3.05, 3.63) is 0 Å². The van der Waals surface area contributed by atoms with Crippen LogP contribution in [-0.2, 0) is 19.3 Å². The maximum Gasteiger partial charge on any atom is 0.0863 e. The van der Waals surface area contributed by atoms with Gasteiger partial charge in [0.25, 0.3) is 0 Å². The van der Waals surface area contributed by atoms with E-state index in [1.165, 1.54) is 12.0 Å². The maximum absolute atomic E-state index is 4.41. The molecule has 0 N–H and O–H groups in total. The third kappa shape index (κ3) is 2.49. The van der Waals surface area contributed by atoms with Crippen LogP contribution in [0.25, 0.3) is 0 Å². The summed E-state index contributed by atoms with van der Waals surface area (Å²) in [5.74, 6) is 0.864.